The molecule has 0 radical (unpaired) electrons. The van der Waals surface area contributed by atoms with Gasteiger partial charge in [-0.2, -0.15) is 0 Å². The van der Waals surface area contributed by atoms with Crippen molar-refractivity contribution in [2.75, 3.05) is 37.4 Å². The Balaban J connectivity index is 1.86. The molecule has 5 nitrogen and oxygen atoms in total. The second-order valence-electron chi connectivity index (χ2n) is 7.73. The van der Waals surface area contributed by atoms with E-state index in [-0.39, 0.29) is 5.54 Å². The van der Waals surface area contributed by atoms with Crippen LogP contribution in [0.3, 0.4) is 0 Å². The van der Waals surface area contributed by atoms with E-state index in [1.807, 2.05) is 6.92 Å². The van der Waals surface area contributed by atoms with E-state index in [0.29, 0.717) is 0 Å². The predicted molar refractivity (Wildman–Crippen MR) is 104 cm³/mol. The fraction of sp³-hybridized carbons (Fsp3) is 0.500. The van der Waals surface area contributed by atoms with Crippen molar-refractivity contribution in [2.45, 2.75) is 39.3 Å². The first-order valence-electron chi connectivity index (χ1n) is 8.94. The third-order valence-electron chi connectivity index (χ3n) is 4.77. The van der Waals surface area contributed by atoms with Gasteiger partial charge in [0.05, 0.1) is 0 Å². The molecular formula is C20H29N5. The normalized spacial score (nSPS) is 16.0. The standard InChI is InChI=1S/C20H29N5/c1-15-22-18(21-10-11-24(4)5)12-19(23-15)25-14-17-9-7-6-8-16(17)13-20(25,2)3/h6-9,12H,10-11,13-14H2,1-5H3,(H,21,22,23). The number of anilines is 2. The molecule has 0 aliphatic carbocycles. The van der Waals surface area contributed by atoms with Crippen molar-refractivity contribution >= 4 is 11.6 Å². The summed E-state index contributed by atoms with van der Waals surface area (Å²) in [6, 6.07) is 10.8. The molecule has 0 saturated heterocycles. The van der Waals surface area contributed by atoms with E-state index in [2.05, 4.69) is 78.4 Å². The predicted octanol–water partition coefficient (Wildman–Crippen LogP) is 3.10. The minimum atomic E-state index is 0.0239. The summed E-state index contributed by atoms with van der Waals surface area (Å²) in [6.45, 7) is 9.28. The monoisotopic (exact) mass is 339 g/mol. The second kappa shape index (κ2) is 7.00. The van der Waals surface area contributed by atoms with Gasteiger partial charge in [-0.3, -0.25) is 0 Å². The molecule has 2 heterocycles. The number of hydrogen-bond acceptors (Lipinski definition) is 5. The highest BCUT2D eigenvalue weighted by atomic mass is 15.3. The van der Waals surface area contributed by atoms with Gasteiger partial charge in [-0.05, 0) is 52.4 Å². The van der Waals surface area contributed by atoms with Gasteiger partial charge >= 0.3 is 0 Å². The SMILES string of the molecule is Cc1nc(NCCN(C)C)cc(N2Cc3ccccc3CC2(C)C)n1. The smallest absolute Gasteiger partial charge is 0.135 e. The van der Waals surface area contributed by atoms with E-state index in [4.69, 9.17) is 4.98 Å². The topological polar surface area (TPSA) is 44.3 Å². The summed E-state index contributed by atoms with van der Waals surface area (Å²) in [5.74, 6) is 2.71. The molecule has 0 bridgehead atoms. The maximum Gasteiger partial charge on any atom is 0.135 e. The first-order valence-corrected chi connectivity index (χ1v) is 8.94. The van der Waals surface area contributed by atoms with Gasteiger partial charge < -0.3 is 15.1 Å². The van der Waals surface area contributed by atoms with Crippen LogP contribution in [0.1, 0.15) is 30.8 Å². The Hall–Kier alpha value is -2.14. The molecule has 0 amide bonds. The minimum absolute atomic E-state index is 0.0239. The van der Waals surface area contributed by atoms with Crippen molar-refractivity contribution < 1.29 is 0 Å². The van der Waals surface area contributed by atoms with Gasteiger partial charge in [-0.1, -0.05) is 24.3 Å². The number of nitrogens with zero attached hydrogens (tertiary/aromatic N) is 4. The molecule has 134 valence electrons. The van der Waals surface area contributed by atoms with E-state index < -0.39 is 0 Å². The number of aromatic nitrogens is 2. The summed E-state index contributed by atoms with van der Waals surface area (Å²) in [4.78, 5) is 13.8. The van der Waals surface area contributed by atoms with Crippen molar-refractivity contribution in [3.05, 3.63) is 47.3 Å². The number of rotatable bonds is 5. The highest BCUT2D eigenvalue weighted by molar-refractivity contribution is 5.53. The van der Waals surface area contributed by atoms with E-state index in [9.17, 15) is 0 Å². The first-order chi connectivity index (χ1) is 11.8. The number of nitrogens with one attached hydrogen (secondary N) is 1. The lowest BCUT2D eigenvalue weighted by atomic mass is 9.85. The highest BCUT2D eigenvalue weighted by Gasteiger charge is 2.33. The molecule has 3 rings (SSSR count). The van der Waals surface area contributed by atoms with Gasteiger partial charge in [0.2, 0.25) is 0 Å². The maximum atomic E-state index is 4.73. The van der Waals surface area contributed by atoms with Crippen LogP contribution in [0.4, 0.5) is 11.6 Å². The van der Waals surface area contributed by atoms with E-state index in [0.717, 1.165) is 43.5 Å². The van der Waals surface area contributed by atoms with Crippen LogP contribution in [0.15, 0.2) is 30.3 Å². The lowest BCUT2D eigenvalue weighted by Crippen LogP contribution is -2.49. The number of aryl methyl sites for hydroxylation is 1. The fourth-order valence-electron chi connectivity index (χ4n) is 3.41. The van der Waals surface area contributed by atoms with E-state index in [1.54, 1.807) is 0 Å². The van der Waals surface area contributed by atoms with Crippen LogP contribution in [0.2, 0.25) is 0 Å². The molecular weight excluding hydrogens is 310 g/mol. The van der Waals surface area contributed by atoms with Crippen LogP contribution >= 0.6 is 0 Å². The summed E-state index contributed by atoms with van der Waals surface area (Å²) in [5.41, 5.74) is 2.86. The number of fused-ring (bicyclic) bond motifs is 1. The zero-order chi connectivity index (χ0) is 18.0. The highest BCUT2D eigenvalue weighted by Crippen LogP contribution is 2.34. The molecule has 5 heteroatoms. The number of hydrogen-bond donors (Lipinski definition) is 1. The Kier molecular flexibility index (Phi) is 4.95. The Bertz CT molecular complexity index is 739. The van der Waals surface area contributed by atoms with Gasteiger partial charge in [0.1, 0.15) is 17.5 Å². The molecule has 0 saturated carbocycles. The lowest BCUT2D eigenvalue weighted by molar-refractivity contribution is 0.424. The third kappa shape index (κ3) is 4.10. The van der Waals surface area contributed by atoms with Crippen molar-refractivity contribution in [3.8, 4) is 0 Å². The van der Waals surface area contributed by atoms with Gasteiger partial charge in [0.15, 0.2) is 0 Å². The molecule has 0 fully saturated rings. The zero-order valence-corrected chi connectivity index (χ0v) is 16.0. The van der Waals surface area contributed by atoms with Crippen LogP contribution in [0.25, 0.3) is 0 Å². The number of likely N-dealkylation sites (N-methyl/N-ethyl adjacent to an activating group) is 1. The summed E-state index contributed by atoms with van der Waals surface area (Å²) in [7, 11) is 4.15. The fourth-order valence-corrected chi connectivity index (χ4v) is 3.41. The van der Waals surface area contributed by atoms with E-state index in [1.165, 1.54) is 11.1 Å². The minimum Gasteiger partial charge on any atom is -0.369 e. The summed E-state index contributed by atoms with van der Waals surface area (Å²) in [5, 5.41) is 3.42. The molecule has 0 spiro atoms. The van der Waals surface area contributed by atoms with Gasteiger partial charge in [-0.25, -0.2) is 9.97 Å². The average molecular weight is 339 g/mol. The largest absolute Gasteiger partial charge is 0.369 e. The second-order valence-corrected chi connectivity index (χ2v) is 7.73. The average Bonchev–Trinajstić information content (AvgIpc) is 2.52. The third-order valence-corrected chi connectivity index (χ3v) is 4.77. The molecule has 1 N–H and O–H groups in total. The van der Waals surface area contributed by atoms with Crippen LogP contribution < -0.4 is 10.2 Å². The molecule has 1 aliphatic rings. The van der Waals surface area contributed by atoms with Crippen LogP contribution in [-0.2, 0) is 13.0 Å². The Morgan fingerprint density at radius 3 is 2.60 bits per heavy atom. The summed E-state index contributed by atoms with van der Waals surface area (Å²) >= 11 is 0. The quantitative estimate of drug-likeness (QED) is 0.907. The van der Waals surface area contributed by atoms with Gasteiger partial charge in [0, 0.05) is 31.2 Å². The van der Waals surface area contributed by atoms with Crippen molar-refractivity contribution in [3.63, 3.8) is 0 Å². The first kappa shape index (κ1) is 17.7. The van der Waals surface area contributed by atoms with Gasteiger partial charge in [0.25, 0.3) is 0 Å². The Morgan fingerprint density at radius 2 is 1.88 bits per heavy atom. The molecule has 1 aromatic carbocycles. The van der Waals surface area contributed by atoms with Crippen molar-refractivity contribution in [1.29, 1.82) is 0 Å². The maximum absolute atomic E-state index is 4.73. The lowest BCUT2D eigenvalue weighted by Gasteiger charge is -2.44. The van der Waals surface area contributed by atoms with Crippen LogP contribution in [-0.4, -0.2) is 47.6 Å². The molecule has 1 aliphatic heterocycles. The van der Waals surface area contributed by atoms with Gasteiger partial charge in [-0.15, -0.1) is 0 Å². The zero-order valence-electron chi connectivity index (χ0n) is 16.0. The molecule has 25 heavy (non-hydrogen) atoms. The van der Waals surface area contributed by atoms with Crippen LogP contribution in [0, 0.1) is 6.92 Å². The van der Waals surface area contributed by atoms with E-state index >= 15 is 0 Å². The van der Waals surface area contributed by atoms with Crippen LogP contribution in [0.5, 0.6) is 0 Å². The molecule has 0 unspecified atom stereocenters. The molecule has 0 atom stereocenters. The summed E-state index contributed by atoms with van der Waals surface area (Å²) < 4.78 is 0. The molecule has 2 aromatic rings. The van der Waals surface area contributed by atoms with Crippen molar-refractivity contribution in [2.24, 2.45) is 0 Å². The van der Waals surface area contributed by atoms with Crippen molar-refractivity contribution in [1.82, 2.24) is 14.9 Å². The summed E-state index contributed by atoms with van der Waals surface area (Å²) in [6.07, 6.45) is 1.02. The Morgan fingerprint density at radius 1 is 1.16 bits per heavy atom. The molecule has 1 aromatic heterocycles. The number of benzene rings is 1. The Labute approximate surface area is 151 Å².